The lowest BCUT2D eigenvalue weighted by atomic mass is 10.2. The van der Waals surface area contributed by atoms with Gasteiger partial charge < -0.3 is 0 Å². The number of allylic oxidation sites excluding steroid dienone is 1. The summed E-state index contributed by atoms with van der Waals surface area (Å²) in [6.45, 7) is 2.00. The van der Waals surface area contributed by atoms with E-state index in [0.29, 0.717) is 0 Å². The van der Waals surface area contributed by atoms with Crippen molar-refractivity contribution in [2.24, 2.45) is 5.10 Å². The third-order valence-corrected chi connectivity index (χ3v) is 2.72. The lowest BCUT2D eigenvalue weighted by Gasteiger charge is -2.10. The van der Waals surface area contributed by atoms with Crippen LogP contribution >= 0.6 is 11.8 Å². The fourth-order valence-electron chi connectivity index (χ4n) is 1.05. The minimum Gasteiger partial charge on any atom is -0.281 e. The Morgan fingerprint density at radius 1 is 1.23 bits per heavy atom. The number of rotatable bonds is 1. The Kier molecular flexibility index (Phi) is 2.36. The van der Waals surface area contributed by atoms with Crippen molar-refractivity contribution in [2.45, 2.75) is 6.92 Å². The van der Waals surface area contributed by atoms with E-state index in [4.69, 9.17) is 0 Å². The van der Waals surface area contributed by atoms with E-state index in [0.717, 1.165) is 16.3 Å². The van der Waals surface area contributed by atoms with E-state index in [-0.39, 0.29) is 0 Å². The van der Waals surface area contributed by atoms with Gasteiger partial charge in [-0.05, 0) is 12.3 Å². The number of thioether (sulfide) groups is 1. The maximum Gasteiger partial charge on any atom is 0.128 e. The van der Waals surface area contributed by atoms with Crippen molar-refractivity contribution in [3.05, 3.63) is 47.0 Å². The third kappa shape index (κ3) is 1.92. The average molecular weight is 190 g/mol. The van der Waals surface area contributed by atoms with Gasteiger partial charge in [0.1, 0.15) is 5.04 Å². The van der Waals surface area contributed by atoms with Gasteiger partial charge in [-0.3, -0.25) is 5.43 Å². The molecular weight excluding hydrogens is 180 g/mol. The zero-order valence-electron chi connectivity index (χ0n) is 7.32. The highest BCUT2D eigenvalue weighted by Crippen LogP contribution is 2.18. The van der Waals surface area contributed by atoms with E-state index in [1.54, 1.807) is 11.8 Å². The standard InChI is InChI=1S/C10H10N2S/c1-8-7-13-10(12-11-8)9-5-3-2-4-6-9/h2-7,11H,1H3. The predicted molar refractivity (Wildman–Crippen MR) is 57.5 cm³/mol. The van der Waals surface area contributed by atoms with E-state index in [2.05, 4.69) is 28.1 Å². The molecule has 2 rings (SSSR count). The molecule has 1 aliphatic rings. The van der Waals surface area contributed by atoms with Gasteiger partial charge in [-0.15, -0.1) is 0 Å². The van der Waals surface area contributed by atoms with Crippen LogP contribution in [0.4, 0.5) is 0 Å². The van der Waals surface area contributed by atoms with Crippen molar-refractivity contribution in [3.63, 3.8) is 0 Å². The van der Waals surface area contributed by atoms with Crippen molar-refractivity contribution in [1.82, 2.24) is 5.43 Å². The highest BCUT2D eigenvalue weighted by molar-refractivity contribution is 8.16. The second-order valence-electron chi connectivity index (χ2n) is 2.81. The van der Waals surface area contributed by atoms with Gasteiger partial charge in [0.15, 0.2) is 0 Å². The van der Waals surface area contributed by atoms with Gasteiger partial charge in [-0.25, -0.2) is 0 Å². The first-order valence-corrected chi connectivity index (χ1v) is 4.97. The van der Waals surface area contributed by atoms with E-state index in [1.165, 1.54) is 0 Å². The Labute approximate surface area is 81.7 Å². The Morgan fingerprint density at radius 3 is 2.62 bits per heavy atom. The van der Waals surface area contributed by atoms with E-state index in [1.807, 2.05) is 25.1 Å². The summed E-state index contributed by atoms with van der Waals surface area (Å²) in [4.78, 5) is 0. The molecule has 0 saturated heterocycles. The summed E-state index contributed by atoms with van der Waals surface area (Å²) in [5.74, 6) is 0. The molecule has 0 aromatic heterocycles. The summed E-state index contributed by atoms with van der Waals surface area (Å²) in [6.07, 6.45) is 0. The first kappa shape index (κ1) is 8.38. The molecule has 0 radical (unpaired) electrons. The van der Waals surface area contributed by atoms with E-state index >= 15 is 0 Å². The van der Waals surface area contributed by atoms with Gasteiger partial charge in [0, 0.05) is 11.3 Å². The molecule has 0 aliphatic carbocycles. The summed E-state index contributed by atoms with van der Waals surface area (Å²) in [6, 6.07) is 10.2. The smallest absolute Gasteiger partial charge is 0.128 e. The molecule has 0 unspecified atom stereocenters. The zero-order chi connectivity index (χ0) is 9.10. The maximum absolute atomic E-state index is 4.24. The zero-order valence-corrected chi connectivity index (χ0v) is 8.14. The van der Waals surface area contributed by atoms with Crippen LogP contribution in [0.2, 0.25) is 0 Å². The van der Waals surface area contributed by atoms with Crippen molar-refractivity contribution in [1.29, 1.82) is 0 Å². The van der Waals surface area contributed by atoms with Crippen LogP contribution < -0.4 is 5.43 Å². The molecule has 0 fully saturated rings. The Morgan fingerprint density at radius 2 is 2.00 bits per heavy atom. The van der Waals surface area contributed by atoms with Crippen molar-refractivity contribution >= 4 is 16.8 Å². The summed E-state index contributed by atoms with van der Waals surface area (Å²) in [7, 11) is 0. The largest absolute Gasteiger partial charge is 0.281 e. The van der Waals surface area contributed by atoms with Crippen molar-refractivity contribution in [2.75, 3.05) is 0 Å². The molecule has 66 valence electrons. The SMILES string of the molecule is CC1=CSC(c2ccccc2)=NN1. The Hall–Kier alpha value is -1.22. The topological polar surface area (TPSA) is 24.4 Å². The van der Waals surface area contributed by atoms with Crippen LogP contribution in [0.15, 0.2) is 46.5 Å². The molecule has 1 heterocycles. The van der Waals surface area contributed by atoms with Crippen LogP contribution in [0.1, 0.15) is 12.5 Å². The average Bonchev–Trinajstić information content (AvgIpc) is 2.20. The molecule has 1 aromatic rings. The normalized spacial score (nSPS) is 15.8. The molecule has 0 saturated carbocycles. The van der Waals surface area contributed by atoms with Crippen molar-refractivity contribution in [3.8, 4) is 0 Å². The Bertz CT molecular complexity index is 354. The second-order valence-corrected chi connectivity index (χ2v) is 3.67. The van der Waals surface area contributed by atoms with Crippen LogP contribution in [0.5, 0.6) is 0 Å². The van der Waals surface area contributed by atoms with Gasteiger partial charge in [-0.2, -0.15) is 5.10 Å². The molecule has 2 nitrogen and oxygen atoms in total. The quantitative estimate of drug-likeness (QED) is 0.736. The second kappa shape index (κ2) is 3.66. The van der Waals surface area contributed by atoms with Gasteiger partial charge in [0.2, 0.25) is 0 Å². The molecule has 0 amide bonds. The number of hydrogen-bond acceptors (Lipinski definition) is 3. The van der Waals surface area contributed by atoms with Gasteiger partial charge in [0.25, 0.3) is 0 Å². The number of benzene rings is 1. The molecule has 1 aromatic carbocycles. The molecule has 1 N–H and O–H groups in total. The third-order valence-electron chi connectivity index (χ3n) is 1.70. The van der Waals surface area contributed by atoms with E-state index in [9.17, 15) is 0 Å². The number of nitrogens with one attached hydrogen (secondary N) is 1. The minimum atomic E-state index is 1.02. The highest BCUT2D eigenvalue weighted by atomic mass is 32.2. The summed E-state index contributed by atoms with van der Waals surface area (Å²) < 4.78 is 0. The number of nitrogens with zero attached hydrogens (tertiary/aromatic N) is 1. The molecule has 0 spiro atoms. The fraction of sp³-hybridized carbons (Fsp3) is 0.100. The monoisotopic (exact) mass is 190 g/mol. The van der Waals surface area contributed by atoms with Crippen LogP contribution in [0.25, 0.3) is 0 Å². The van der Waals surface area contributed by atoms with Crippen LogP contribution in [0, 0.1) is 0 Å². The summed E-state index contributed by atoms with van der Waals surface area (Å²) >= 11 is 1.65. The predicted octanol–water partition coefficient (Wildman–Crippen LogP) is 2.55. The first-order valence-electron chi connectivity index (χ1n) is 4.09. The Balaban J connectivity index is 2.21. The molecule has 13 heavy (non-hydrogen) atoms. The molecule has 1 aliphatic heterocycles. The van der Waals surface area contributed by atoms with Gasteiger partial charge in [0.05, 0.1) is 0 Å². The lowest BCUT2D eigenvalue weighted by Crippen LogP contribution is -2.10. The van der Waals surface area contributed by atoms with Crippen molar-refractivity contribution < 1.29 is 0 Å². The summed E-state index contributed by atoms with van der Waals surface area (Å²) in [5, 5.41) is 7.33. The molecule has 0 atom stereocenters. The molecule has 3 heteroatoms. The number of hydrazone groups is 1. The lowest BCUT2D eigenvalue weighted by molar-refractivity contribution is 0.892. The van der Waals surface area contributed by atoms with E-state index < -0.39 is 0 Å². The highest BCUT2D eigenvalue weighted by Gasteiger charge is 2.05. The van der Waals surface area contributed by atoms with Crippen LogP contribution in [0.3, 0.4) is 0 Å². The summed E-state index contributed by atoms with van der Waals surface area (Å²) in [5.41, 5.74) is 5.20. The van der Waals surface area contributed by atoms with Crippen LogP contribution in [-0.4, -0.2) is 5.04 Å². The fourth-order valence-corrected chi connectivity index (χ4v) is 1.76. The van der Waals surface area contributed by atoms with Gasteiger partial charge in [-0.1, -0.05) is 42.1 Å². The minimum absolute atomic E-state index is 1.02. The first-order chi connectivity index (χ1) is 6.36. The molecule has 0 bridgehead atoms. The number of hydrogen-bond donors (Lipinski definition) is 1. The van der Waals surface area contributed by atoms with Crippen LogP contribution in [-0.2, 0) is 0 Å². The molecular formula is C10H10N2S. The van der Waals surface area contributed by atoms with Gasteiger partial charge >= 0.3 is 0 Å². The maximum atomic E-state index is 4.24.